The normalized spacial score (nSPS) is 11.7. The molecular weight excluding hydrogens is 168 g/mol. The molecule has 0 aromatic rings. The number of hydrogen-bond acceptors (Lipinski definition) is 4. The molecule has 0 aliphatic rings. The van der Waals surface area contributed by atoms with E-state index in [2.05, 4.69) is 0 Å². The average molecular weight is 182 g/mol. The zero-order valence-electron chi connectivity index (χ0n) is 6.61. The topological polar surface area (TPSA) is 106 Å². The van der Waals surface area contributed by atoms with Crippen LogP contribution in [-0.4, -0.2) is 18.7 Å². The first-order chi connectivity index (χ1) is 4.83. The van der Waals surface area contributed by atoms with Crippen LogP contribution in [0.25, 0.3) is 0 Å². The van der Waals surface area contributed by atoms with Gasteiger partial charge in [0.1, 0.15) is 0 Å². The van der Waals surface area contributed by atoms with Crippen molar-refractivity contribution in [1.29, 1.82) is 0 Å². The summed E-state index contributed by atoms with van der Waals surface area (Å²) in [6.07, 6.45) is 1.36. The van der Waals surface area contributed by atoms with E-state index < -0.39 is 10.1 Å². The third kappa shape index (κ3) is 26.9. The largest absolute Gasteiger partial charge is 0.403 e. The second-order valence-corrected chi connectivity index (χ2v) is 3.52. The van der Waals surface area contributed by atoms with Crippen LogP contribution < -0.4 is 11.5 Å². The maximum atomic E-state index is 9.56. The van der Waals surface area contributed by atoms with Gasteiger partial charge < -0.3 is 11.5 Å². The Labute approximate surface area is 66.8 Å². The van der Waals surface area contributed by atoms with Crippen LogP contribution in [-0.2, 0) is 10.1 Å². The Balaban J connectivity index is 0. The molecule has 0 bridgehead atoms. The van der Waals surface area contributed by atoms with Crippen LogP contribution in [0.4, 0.5) is 0 Å². The molecule has 0 fully saturated rings. The van der Waals surface area contributed by atoms with Crippen molar-refractivity contribution < 1.29 is 13.0 Å². The minimum atomic E-state index is -3.66. The molecule has 0 saturated carbocycles. The molecule has 0 atom stereocenters. The molecule has 0 spiro atoms. The maximum Gasteiger partial charge on any atom is 0.264 e. The van der Waals surface area contributed by atoms with Crippen molar-refractivity contribution in [3.8, 4) is 0 Å². The molecule has 0 aliphatic heterocycles. The fourth-order valence-electron chi connectivity index (χ4n) is 0. The third-order valence-electron chi connectivity index (χ3n) is 0.628. The highest BCUT2D eigenvalue weighted by molar-refractivity contribution is 7.85. The maximum absolute atomic E-state index is 9.56. The van der Waals surface area contributed by atoms with Gasteiger partial charge in [-0.25, -0.2) is 0 Å². The van der Waals surface area contributed by atoms with E-state index in [1.165, 1.54) is 13.1 Å². The highest BCUT2D eigenvalue weighted by atomic mass is 32.2. The molecule has 68 valence electrons. The van der Waals surface area contributed by atoms with Gasteiger partial charge in [0.25, 0.3) is 10.1 Å². The summed E-state index contributed by atoms with van der Waals surface area (Å²) in [7, 11) is -3.66. The van der Waals surface area contributed by atoms with Gasteiger partial charge in [-0.15, -0.1) is 0 Å². The van der Waals surface area contributed by atoms with Crippen molar-refractivity contribution >= 4 is 10.1 Å². The predicted molar refractivity (Wildman–Crippen MR) is 44.2 cm³/mol. The summed E-state index contributed by atoms with van der Waals surface area (Å²) in [5.74, 6) is -0.201. The molecule has 6 heteroatoms. The Bertz CT molecular complexity index is 204. The molecule has 11 heavy (non-hydrogen) atoms. The lowest BCUT2D eigenvalue weighted by atomic mass is 10.6. The van der Waals surface area contributed by atoms with Gasteiger partial charge in [-0.2, -0.15) is 8.42 Å². The number of rotatable bonds is 1. The molecule has 0 rings (SSSR count). The first kappa shape index (κ1) is 12.9. The highest BCUT2D eigenvalue weighted by Crippen LogP contribution is 1.74. The second-order valence-electron chi connectivity index (χ2n) is 1.78. The molecule has 5 N–H and O–H groups in total. The number of hydrogen-bond donors (Lipinski definition) is 3. The van der Waals surface area contributed by atoms with E-state index in [4.69, 9.17) is 16.0 Å². The second kappa shape index (κ2) is 5.99. The van der Waals surface area contributed by atoms with Crippen LogP contribution in [0.3, 0.4) is 0 Å². The summed E-state index contributed by atoms with van der Waals surface area (Å²) in [6.45, 7) is 3.11. The molecule has 0 amide bonds. The fourth-order valence-corrected chi connectivity index (χ4v) is 0. The van der Waals surface area contributed by atoms with E-state index in [0.717, 1.165) is 0 Å². The van der Waals surface area contributed by atoms with Crippen LogP contribution in [0.5, 0.6) is 0 Å². The summed E-state index contributed by atoms with van der Waals surface area (Å²) < 4.78 is 26.9. The summed E-state index contributed by atoms with van der Waals surface area (Å²) in [5.41, 5.74) is 10.6. The van der Waals surface area contributed by atoms with E-state index >= 15 is 0 Å². The van der Waals surface area contributed by atoms with Gasteiger partial charge in [0.05, 0.1) is 5.75 Å². The summed E-state index contributed by atoms with van der Waals surface area (Å²) in [5, 5.41) is 0. The zero-order valence-corrected chi connectivity index (χ0v) is 7.43. The first-order valence-electron chi connectivity index (χ1n) is 2.92. The SMILES string of the molecule is CC(N)=CN.CCS(=O)(=O)O. The quantitative estimate of drug-likeness (QED) is 0.481. The lowest BCUT2D eigenvalue weighted by Crippen LogP contribution is -1.97. The van der Waals surface area contributed by atoms with Crippen LogP contribution in [0.15, 0.2) is 11.9 Å². The summed E-state index contributed by atoms with van der Waals surface area (Å²) in [4.78, 5) is 0. The fraction of sp³-hybridized carbons (Fsp3) is 0.600. The lowest BCUT2D eigenvalue weighted by molar-refractivity contribution is 0.484. The van der Waals surface area contributed by atoms with E-state index in [0.29, 0.717) is 5.70 Å². The van der Waals surface area contributed by atoms with Crippen LogP contribution in [0.1, 0.15) is 13.8 Å². The Morgan fingerprint density at radius 3 is 1.82 bits per heavy atom. The lowest BCUT2D eigenvalue weighted by Gasteiger charge is -1.79. The van der Waals surface area contributed by atoms with Gasteiger partial charge in [0.2, 0.25) is 0 Å². The van der Waals surface area contributed by atoms with Gasteiger partial charge >= 0.3 is 0 Å². The Kier molecular flexibility index (Phi) is 7.02. The van der Waals surface area contributed by atoms with Gasteiger partial charge in [-0.05, 0) is 13.8 Å². The van der Waals surface area contributed by atoms with Gasteiger partial charge in [0, 0.05) is 11.9 Å². The molecule has 5 nitrogen and oxygen atoms in total. The summed E-state index contributed by atoms with van der Waals surface area (Å²) >= 11 is 0. The molecule has 0 aliphatic carbocycles. The molecule has 0 radical (unpaired) electrons. The third-order valence-corrected chi connectivity index (χ3v) is 1.36. The first-order valence-corrected chi connectivity index (χ1v) is 4.53. The number of allylic oxidation sites excluding steroid dienone is 1. The van der Waals surface area contributed by atoms with Crippen LogP contribution in [0, 0.1) is 0 Å². The van der Waals surface area contributed by atoms with E-state index in [1.54, 1.807) is 6.92 Å². The molecule has 0 aromatic heterocycles. The minimum Gasteiger partial charge on any atom is -0.403 e. The van der Waals surface area contributed by atoms with Gasteiger partial charge in [-0.3, -0.25) is 4.55 Å². The van der Waals surface area contributed by atoms with E-state index in [1.807, 2.05) is 0 Å². The van der Waals surface area contributed by atoms with Crippen molar-refractivity contribution in [1.82, 2.24) is 0 Å². The van der Waals surface area contributed by atoms with Crippen molar-refractivity contribution in [2.45, 2.75) is 13.8 Å². The predicted octanol–water partition coefficient (Wildman–Crippen LogP) is -0.341. The molecular formula is C5H14N2O3S. The molecule has 0 aromatic carbocycles. The highest BCUT2D eigenvalue weighted by Gasteiger charge is 1.93. The molecule has 0 saturated heterocycles. The Hall–Kier alpha value is -0.750. The number of nitrogens with two attached hydrogens (primary N) is 2. The molecule has 0 unspecified atom stereocenters. The average Bonchev–Trinajstić information content (AvgIpc) is 1.88. The van der Waals surface area contributed by atoms with Crippen molar-refractivity contribution in [2.75, 3.05) is 5.75 Å². The monoisotopic (exact) mass is 182 g/mol. The Morgan fingerprint density at radius 2 is 1.82 bits per heavy atom. The Morgan fingerprint density at radius 1 is 1.64 bits per heavy atom. The van der Waals surface area contributed by atoms with Gasteiger partial charge in [0.15, 0.2) is 0 Å². The van der Waals surface area contributed by atoms with E-state index in [-0.39, 0.29) is 5.75 Å². The molecule has 0 heterocycles. The van der Waals surface area contributed by atoms with Gasteiger partial charge in [-0.1, -0.05) is 0 Å². The van der Waals surface area contributed by atoms with Crippen LogP contribution >= 0.6 is 0 Å². The zero-order chi connectivity index (χ0) is 9.49. The van der Waals surface area contributed by atoms with Crippen molar-refractivity contribution in [3.63, 3.8) is 0 Å². The van der Waals surface area contributed by atoms with Crippen molar-refractivity contribution in [3.05, 3.63) is 11.9 Å². The van der Waals surface area contributed by atoms with Crippen LogP contribution in [0.2, 0.25) is 0 Å². The standard InChI is InChI=1S/C3H8N2.C2H6O3S/c1-3(5)2-4;1-2-6(3,4)5/h2H,4-5H2,1H3;2H2,1H3,(H,3,4,5). The smallest absolute Gasteiger partial charge is 0.264 e. The van der Waals surface area contributed by atoms with Crippen molar-refractivity contribution in [2.24, 2.45) is 11.5 Å². The summed E-state index contributed by atoms with van der Waals surface area (Å²) in [6, 6.07) is 0. The minimum absolute atomic E-state index is 0.201. The van der Waals surface area contributed by atoms with E-state index in [9.17, 15) is 8.42 Å².